The SMILES string of the molecule is O=C(NO)c1ccc(N2CCN(C(=O)Nc3cccc(C(F)(F)F)c3)CC2)c([N+](=O)[O-])c1. The number of urea groups is 1. The van der Waals surface area contributed by atoms with Gasteiger partial charge < -0.3 is 15.1 Å². The smallest absolute Gasteiger partial charge is 0.362 e. The highest BCUT2D eigenvalue weighted by Gasteiger charge is 2.31. The molecule has 13 heteroatoms. The number of nitro benzene ring substituents is 1. The van der Waals surface area contributed by atoms with Crippen molar-refractivity contribution in [3.05, 3.63) is 63.7 Å². The topological polar surface area (TPSA) is 128 Å². The normalized spacial score (nSPS) is 14.1. The van der Waals surface area contributed by atoms with Crippen LogP contribution >= 0.6 is 0 Å². The van der Waals surface area contributed by atoms with Gasteiger partial charge in [0.25, 0.3) is 11.6 Å². The summed E-state index contributed by atoms with van der Waals surface area (Å²) in [4.78, 5) is 37.8. The minimum atomic E-state index is -4.53. The Morgan fingerprint density at radius 1 is 1.06 bits per heavy atom. The first-order chi connectivity index (χ1) is 15.1. The molecule has 0 atom stereocenters. The van der Waals surface area contributed by atoms with Crippen LogP contribution in [-0.2, 0) is 6.18 Å². The fourth-order valence-electron chi connectivity index (χ4n) is 3.27. The third-order valence-corrected chi connectivity index (χ3v) is 4.88. The van der Waals surface area contributed by atoms with Crippen LogP contribution in [0.3, 0.4) is 0 Å². The summed E-state index contributed by atoms with van der Waals surface area (Å²) in [6.45, 7) is 0.784. The van der Waals surface area contributed by atoms with Gasteiger partial charge in [0.1, 0.15) is 5.69 Å². The number of hydrogen-bond acceptors (Lipinski definition) is 6. The molecule has 1 heterocycles. The summed E-state index contributed by atoms with van der Waals surface area (Å²) in [7, 11) is 0. The van der Waals surface area contributed by atoms with Gasteiger partial charge in [-0.25, -0.2) is 10.3 Å². The molecule has 1 aliphatic rings. The van der Waals surface area contributed by atoms with Crippen LogP contribution in [0.4, 0.5) is 35.0 Å². The Morgan fingerprint density at radius 3 is 2.34 bits per heavy atom. The van der Waals surface area contributed by atoms with Gasteiger partial charge in [0.05, 0.1) is 10.5 Å². The lowest BCUT2D eigenvalue weighted by Crippen LogP contribution is -2.50. The molecule has 0 spiro atoms. The highest BCUT2D eigenvalue weighted by molar-refractivity contribution is 5.95. The van der Waals surface area contributed by atoms with Crippen molar-refractivity contribution < 1.29 is 32.9 Å². The molecule has 3 rings (SSSR count). The van der Waals surface area contributed by atoms with Crippen molar-refractivity contribution in [1.29, 1.82) is 0 Å². The average Bonchev–Trinajstić information content (AvgIpc) is 2.77. The van der Waals surface area contributed by atoms with Gasteiger partial charge in [-0.2, -0.15) is 13.2 Å². The molecule has 0 saturated carbocycles. The number of hydrogen-bond donors (Lipinski definition) is 3. The van der Waals surface area contributed by atoms with E-state index in [2.05, 4.69) is 5.32 Å². The number of nitrogens with zero attached hydrogens (tertiary/aromatic N) is 3. The Morgan fingerprint density at radius 2 is 1.75 bits per heavy atom. The summed E-state index contributed by atoms with van der Waals surface area (Å²) in [5, 5.41) is 22.6. The average molecular weight is 453 g/mol. The number of nitrogens with one attached hydrogen (secondary N) is 2. The maximum absolute atomic E-state index is 12.8. The zero-order chi connectivity index (χ0) is 23.5. The van der Waals surface area contributed by atoms with E-state index < -0.39 is 28.6 Å². The second kappa shape index (κ2) is 9.09. The van der Waals surface area contributed by atoms with E-state index in [-0.39, 0.29) is 48.8 Å². The number of hydroxylamine groups is 1. The van der Waals surface area contributed by atoms with Crippen LogP contribution in [0.5, 0.6) is 0 Å². The molecule has 2 aromatic rings. The van der Waals surface area contributed by atoms with Crippen LogP contribution in [0.2, 0.25) is 0 Å². The molecule has 1 fully saturated rings. The Kier molecular flexibility index (Phi) is 6.48. The second-order valence-electron chi connectivity index (χ2n) is 6.88. The van der Waals surface area contributed by atoms with E-state index in [1.165, 1.54) is 34.6 Å². The third-order valence-electron chi connectivity index (χ3n) is 4.88. The van der Waals surface area contributed by atoms with Crippen LogP contribution in [0.15, 0.2) is 42.5 Å². The molecule has 1 saturated heterocycles. The number of carbonyl (C=O) groups excluding carboxylic acids is 2. The predicted molar refractivity (Wildman–Crippen MR) is 107 cm³/mol. The van der Waals surface area contributed by atoms with Crippen molar-refractivity contribution in [2.45, 2.75) is 6.18 Å². The van der Waals surface area contributed by atoms with Crippen LogP contribution < -0.4 is 15.7 Å². The van der Waals surface area contributed by atoms with E-state index in [1.54, 1.807) is 4.90 Å². The van der Waals surface area contributed by atoms with Crippen molar-refractivity contribution in [2.24, 2.45) is 0 Å². The molecule has 1 aliphatic heterocycles. The maximum Gasteiger partial charge on any atom is 0.416 e. The van der Waals surface area contributed by atoms with Crippen molar-refractivity contribution >= 4 is 29.0 Å². The molecule has 2 aromatic carbocycles. The standard InChI is InChI=1S/C19H18F3N5O5/c20-19(21,22)13-2-1-3-14(11-13)23-18(29)26-8-6-25(7-9-26)15-5-4-12(17(28)24-30)10-16(15)27(31)32/h1-5,10-11,30H,6-9H2,(H,23,29)(H,24,28). The first kappa shape index (κ1) is 22.8. The molecule has 0 bridgehead atoms. The van der Waals surface area contributed by atoms with Gasteiger partial charge in [0.15, 0.2) is 0 Å². The highest BCUT2D eigenvalue weighted by atomic mass is 19.4. The van der Waals surface area contributed by atoms with Gasteiger partial charge in [-0.3, -0.25) is 20.1 Å². The molecular formula is C19H18F3N5O5. The van der Waals surface area contributed by atoms with Crippen LogP contribution in [0.25, 0.3) is 0 Å². The summed E-state index contributed by atoms with van der Waals surface area (Å²) in [6, 6.07) is 7.41. The Balaban J connectivity index is 1.67. The van der Waals surface area contributed by atoms with Crippen molar-refractivity contribution in [3.8, 4) is 0 Å². The zero-order valence-corrected chi connectivity index (χ0v) is 16.4. The molecule has 32 heavy (non-hydrogen) atoms. The highest BCUT2D eigenvalue weighted by Crippen LogP contribution is 2.32. The van der Waals surface area contributed by atoms with Gasteiger partial charge in [-0.05, 0) is 30.3 Å². The number of rotatable bonds is 4. The predicted octanol–water partition coefficient (Wildman–Crippen LogP) is 3.09. The van der Waals surface area contributed by atoms with E-state index in [1.807, 2.05) is 0 Å². The molecule has 10 nitrogen and oxygen atoms in total. The lowest BCUT2D eigenvalue weighted by molar-refractivity contribution is -0.384. The molecule has 3 N–H and O–H groups in total. The van der Waals surface area contributed by atoms with Gasteiger partial charge in [0, 0.05) is 43.5 Å². The van der Waals surface area contributed by atoms with Crippen molar-refractivity contribution in [3.63, 3.8) is 0 Å². The number of amides is 3. The molecule has 0 aromatic heterocycles. The Labute approximate surface area is 179 Å². The minimum absolute atomic E-state index is 0.000594. The number of alkyl halides is 3. The molecule has 3 amide bonds. The van der Waals surface area contributed by atoms with Crippen LogP contribution in [0.1, 0.15) is 15.9 Å². The summed E-state index contributed by atoms with van der Waals surface area (Å²) < 4.78 is 38.5. The largest absolute Gasteiger partial charge is 0.416 e. The first-order valence-corrected chi connectivity index (χ1v) is 9.31. The second-order valence-corrected chi connectivity index (χ2v) is 6.88. The summed E-state index contributed by atoms with van der Waals surface area (Å²) in [5.74, 6) is -0.893. The summed E-state index contributed by atoms with van der Waals surface area (Å²) in [5.41, 5.74) is 0.328. The van der Waals surface area contributed by atoms with Gasteiger partial charge in [0.2, 0.25) is 0 Å². The third kappa shape index (κ3) is 5.06. The van der Waals surface area contributed by atoms with E-state index >= 15 is 0 Å². The molecule has 0 aliphatic carbocycles. The van der Waals surface area contributed by atoms with Crippen LogP contribution in [0, 0.1) is 10.1 Å². The summed E-state index contributed by atoms with van der Waals surface area (Å²) in [6.07, 6.45) is -4.53. The molecule has 170 valence electrons. The lowest BCUT2D eigenvalue weighted by atomic mass is 10.1. The molecule has 0 radical (unpaired) electrons. The van der Waals surface area contributed by atoms with Gasteiger partial charge in [-0.1, -0.05) is 6.07 Å². The lowest BCUT2D eigenvalue weighted by Gasteiger charge is -2.35. The number of nitro groups is 1. The van der Waals surface area contributed by atoms with Gasteiger partial charge >= 0.3 is 12.2 Å². The quantitative estimate of drug-likeness (QED) is 0.371. The maximum atomic E-state index is 12.8. The number of piperazine rings is 1. The monoisotopic (exact) mass is 453 g/mol. The van der Waals surface area contributed by atoms with Crippen molar-refractivity contribution in [1.82, 2.24) is 10.4 Å². The zero-order valence-electron chi connectivity index (χ0n) is 16.4. The fourth-order valence-corrected chi connectivity index (χ4v) is 3.27. The van der Waals surface area contributed by atoms with Crippen LogP contribution in [-0.4, -0.2) is 53.1 Å². The van der Waals surface area contributed by atoms with E-state index in [0.717, 1.165) is 18.2 Å². The minimum Gasteiger partial charge on any atom is -0.362 e. The van der Waals surface area contributed by atoms with E-state index in [4.69, 9.17) is 5.21 Å². The number of benzene rings is 2. The number of halogens is 3. The fraction of sp³-hybridized carbons (Fsp3) is 0.263. The number of anilines is 2. The Hall–Kier alpha value is -3.87. The van der Waals surface area contributed by atoms with E-state index in [0.29, 0.717) is 0 Å². The molecular weight excluding hydrogens is 435 g/mol. The summed E-state index contributed by atoms with van der Waals surface area (Å²) >= 11 is 0. The van der Waals surface area contributed by atoms with E-state index in [9.17, 15) is 32.9 Å². The number of carbonyl (C=O) groups is 2. The van der Waals surface area contributed by atoms with Gasteiger partial charge in [-0.15, -0.1) is 0 Å². The first-order valence-electron chi connectivity index (χ1n) is 9.31. The Bertz CT molecular complexity index is 1040. The molecule has 0 unspecified atom stereocenters. The van der Waals surface area contributed by atoms with Crippen molar-refractivity contribution in [2.75, 3.05) is 36.4 Å².